The highest BCUT2D eigenvalue weighted by Crippen LogP contribution is 2.47. The molecule has 2 N–H and O–H groups in total. The van der Waals surface area contributed by atoms with Crippen LogP contribution in [0.5, 0.6) is 23.0 Å². The van der Waals surface area contributed by atoms with Crippen LogP contribution in [0.4, 0.5) is 11.4 Å². The summed E-state index contributed by atoms with van der Waals surface area (Å²) >= 11 is 0. The van der Waals surface area contributed by atoms with E-state index in [0.29, 0.717) is 51.8 Å². The summed E-state index contributed by atoms with van der Waals surface area (Å²) in [4.78, 5) is 15.1. The average Bonchev–Trinajstić information content (AvgIpc) is 2.75. The minimum atomic E-state index is -0.106. The molecule has 0 aliphatic heterocycles. The van der Waals surface area contributed by atoms with Crippen molar-refractivity contribution in [2.75, 3.05) is 53.2 Å². The first-order valence-corrected chi connectivity index (χ1v) is 9.51. The van der Waals surface area contributed by atoms with Gasteiger partial charge in [0.05, 0.1) is 39.8 Å². The molecule has 0 saturated heterocycles. The summed E-state index contributed by atoms with van der Waals surface area (Å²) in [6.07, 6.45) is 2.30. The lowest BCUT2D eigenvalue weighted by Gasteiger charge is -2.18. The van der Waals surface area contributed by atoms with E-state index in [0.717, 1.165) is 5.69 Å². The Balaban J connectivity index is 2.59. The Morgan fingerprint density at radius 1 is 0.967 bits per heavy atom. The van der Waals surface area contributed by atoms with Gasteiger partial charge in [0.15, 0.2) is 17.3 Å². The van der Waals surface area contributed by atoms with E-state index in [4.69, 9.17) is 24.7 Å². The van der Waals surface area contributed by atoms with E-state index in [2.05, 4.69) is 0 Å². The van der Waals surface area contributed by atoms with Gasteiger partial charge in [-0.2, -0.15) is 0 Å². The van der Waals surface area contributed by atoms with Crippen molar-refractivity contribution in [3.8, 4) is 23.0 Å². The van der Waals surface area contributed by atoms with Crippen molar-refractivity contribution in [2.45, 2.75) is 13.3 Å². The van der Waals surface area contributed by atoms with E-state index >= 15 is 0 Å². The monoisotopic (exact) mass is 414 g/mol. The van der Waals surface area contributed by atoms with Gasteiger partial charge in [0.25, 0.3) is 0 Å². The highest BCUT2D eigenvalue weighted by Gasteiger charge is 2.22. The van der Waals surface area contributed by atoms with Crippen LogP contribution in [0.2, 0.25) is 0 Å². The van der Waals surface area contributed by atoms with Crippen molar-refractivity contribution < 1.29 is 23.7 Å². The maximum absolute atomic E-state index is 13.2. The molecule has 162 valence electrons. The largest absolute Gasteiger partial charge is 0.493 e. The second kappa shape index (κ2) is 9.91. The maximum Gasteiger partial charge on any atom is 0.207 e. The van der Waals surface area contributed by atoms with Crippen molar-refractivity contribution in [3.63, 3.8) is 0 Å². The number of benzene rings is 2. The minimum absolute atomic E-state index is 0.106. The van der Waals surface area contributed by atoms with Gasteiger partial charge in [-0.05, 0) is 36.8 Å². The number of carbonyl (C=O) groups is 1. The Kier molecular flexibility index (Phi) is 7.58. The van der Waals surface area contributed by atoms with E-state index in [1.807, 2.05) is 32.0 Å². The van der Waals surface area contributed by atoms with Gasteiger partial charge in [0.1, 0.15) is 0 Å². The Morgan fingerprint density at radius 3 is 2.07 bits per heavy atom. The van der Waals surface area contributed by atoms with Crippen LogP contribution in [0, 0.1) is 0 Å². The first-order chi connectivity index (χ1) is 14.3. The molecule has 0 amide bonds. The van der Waals surface area contributed by atoms with Crippen LogP contribution in [0.15, 0.2) is 29.8 Å². The molecule has 2 aromatic carbocycles. The number of nitrogen functional groups attached to an aromatic ring is 1. The fraction of sp³-hybridized carbons (Fsp3) is 0.348. The first-order valence-electron chi connectivity index (χ1n) is 9.51. The highest BCUT2D eigenvalue weighted by molar-refractivity contribution is 6.12. The lowest BCUT2D eigenvalue weighted by molar-refractivity contribution is 0.103. The highest BCUT2D eigenvalue weighted by atomic mass is 16.5. The number of ether oxygens (including phenoxy) is 4. The Labute approximate surface area is 178 Å². The molecule has 7 nitrogen and oxygen atoms in total. The predicted molar refractivity (Wildman–Crippen MR) is 120 cm³/mol. The molecule has 0 aliphatic rings. The molecular formula is C23H30N2O5. The van der Waals surface area contributed by atoms with E-state index in [1.165, 1.54) is 28.4 Å². The van der Waals surface area contributed by atoms with Gasteiger partial charge in [0, 0.05) is 30.8 Å². The number of allylic oxidation sites excluding steroid dienone is 1. The standard InChI is InChI=1S/C23H30N2O5/c1-8-14(20(26)15-9-10-18(25(2)3)17(24)12-15)11-16-13-19(27-4)22(29-6)23(30-7)21(16)28-5/h9-13H,8,24H2,1-7H3. The average molecular weight is 415 g/mol. The van der Waals surface area contributed by atoms with Crippen LogP contribution >= 0.6 is 0 Å². The number of rotatable bonds is 9. The number of nitrogens with two attached hydrogens (primary N) is 1. The predicted octanol–water partition coefficient (Wildman–Crippen LogP) is 4.05. The zero-order valence-corrected chi connectivity index (χ0v) is 18.7. The number of nitrogens with zero attached hydrogens (tertiary/aromatic N) is 1. The van der Waals surface area contributed by atoms with Crippen LogP contribution in [0.1, 0.15) is 29.3 Å². The van der Waals surface area contributed by atoms with Gasteiger partial charge in [-0.1, -0.05) is 6.92 Å². The van der Waals surface area contributed by atoms with Crippen molar-refractivity contribution >= 4 is 23.2 Å². The van der Waals surface area contributed by atoms with Crippen molar-refractivity contribution in [2.24, 2.45) is 0 Å². The third-order valence-corrected chi connectivity index (χ3v) is 4.79. The zero-order chi connectivity index (χ0) is 22.4. The number of hydrogen-bond acceptors (Lipinski definition) is 7. The minimum Gasteiger partial charge on any atom is -0.493 e. The second-order valence-corrected chi connectivity index (χ2v) is 6.79. The normalized spacial score (nSPS) is 11.1. The molecule has 0 spiro atoms. The third kappa shape index (κ3) is 4.45. The quantitative estimate of drug-likeness (QED) is 0.376. The summed E-state index contributed by atoms with van der Waals surface area (Å²) in [7, 11) is 9.93. The van der Waals surface area contributed by atoms with Crippen LogP contribution in [0.3, 0.4) is 0 Å². The number of ketones is 1. The molecule has 0 fully saturated rings. The molecular weight excluding hydrogens is 384 g/mol. The summed E-state index contributed by atoms with van der Waals surface area (Å²) in [5.74, 6) is 1.64. The van der Waals surface area contributed by atoms with Crippen molar-refractivity contribution in [3.05, 3.63) is 41.0 Å². The molecule has 0 saturated carbocycles. The van der Waals surface area contributed by atoms with Gasteiger partial charge in [0.2, 0.25) is 11.5 Å². The lowest BCUT2D eigenvalue weighted by atomic mass is 9.97. The summed E-state index contributed by atoms with van der Waals surface area (Å²) in [6.45, 7) is 1.92. The number of Topliss-reactive ketones (excluding diaryl/α,β-unsaturated/α-hetero) is 1. The molecule has 2 rings (SSSR count). The fourth-order valence-corrected chi connectivity index (χ4v) is 3.27. The summed E-state index contributed by atoms with van der Waals surface area (Å²) in [5.41, 5.74) is 9.31. The van der Waals surface area contributed by atoms with Crippen molar-refractivity contribution in [1.29, 1.82) is 0 Å². The summed E-state index contributed by atoms with van der Waals surface area (Å²) in [5, 5.41) is 0. The molecule has 0 unspecified atom stereocenters. The van der Waals surface area contributed by atoms with Gasteiger partial charge in [-0.3, -0.25) is 4.79 Å². The number of anilines is 2. The van der Waals surface area contributed by atoms with E-state index in [9.17, 15) is 4.79 Å². The fourth-order valence-electron chi connectivity index (χ4n) is 3.27. The van der Waals surface area contributed by atoms with E-state index in [-0.39, 0.29) is 5.78 Å². The molecule has 0 atom stereocenters. The zero-order valence-electron chi connectivity index (χ0n) is 18.7. The van der Waals surface area contributed by atoms with Crippen LogP contribution < -0.4 is 29.6 Å². The van der Waals surface area contributed by atoms with E-state index in [1.54, 1.807) is 24.3 Å². The Hall–Kier alpha value is -3.35. The summed E-state index contributed by atoms with van der Waals surface area (Å²) in [6, 6.07) is 7.08. The second-order valence-electron chi connectivity index (χ2n) is 6.79. The number of hydrogen-bond donors (Lipinski definition) is 1. The van der Waals surface area contributed by atoms with Gasteiger partial charge < -0.3 is 29.6 Å². The Morgan fingerprint density at radius 2 is 1.60 bits per heavy atom. The molecule has 7 heteroatoms. The molecule has 0 aliphatic carbocycles. The smallest absolute Gasteiger partial charge is 0.207 e. The molecule has 0 heterocycles. The lowest BCUT2D eigenvalue weighted by Crippen LogP contribution is -2.12. The Bertz CT molecular complexity index is 951. The SMILES string of the molecule is CCC(=Cc1cc(OC)c(OC)c(OC)c1OC)C(=O)c1ccc(N(C)C)c(N)c1. The van der Waals surface area contributed by atoms with Gasteiger partial charge in [-0.25, -0.2) is 0 Å². The van der Waals surface area contributed by atoms with E-state index < -0.39 is 0 Å². The van der Waals surface area contributed by atoms with Crippen molar-refractivity contribution in [1.82, 2.24) is 0 Å². The molecule has 2 aromatic rings. The van der Waals surface area contributed by atoms with Crippen LogP contribution in [-0.2, 0) is 0 Å². The molecule has 0 aromatic heterocycles. The summed E-state index contributed by atoms with van der Waals surface area (Å²) < 4.78 is 21.9. The molecule has 0 bridgehead atoms. The molecule has 0 radical (unpaired) electrons. The van der Waals surface area contributed by atoms with Crippen LogP contribution in [0.25, 0.3) is 6.08 Å². The number of methoxy groups -OCH3 is 4. The topological polar surface area (TPSA) is 83.2 Å². The molecule has 30 heavy (non-hydrogen) atoms. The number of carbonyl (C=O) groups excluding carboxylic acids is 1. The first kappa shape index (κ1) is 22.9. The maximum atomic E-state index is 13.2. The van der Waals surface area contributed by atoms with Gasteiger partial charge in [-0.15, -0.1) is 0 Å². The van der Waals surface area contributed by atoms with Crippen LogP contribution in [-0.4, -0.2) is 48.3 Å². The van der Waals surface area contributed by atoms with Gasteiger partial charge >= 0.3 is 0 Å². The third-order valence-electron chi connectivity index (χ3n) is 4.79.